The molecule has 2 aromatic heterocycles. The van der Waals surface area contributed by atoms with E-state index < -0.39 is 0 Å². The molecule has 0 aliphatic carbocycles. The van der Waals surface area contributed by atoms with Crippen LogP contribution in [0.2, 0.25) is 0 Å². The predicted molar refractivity (Wildman–Crippen MR) is 147 cm³/mol. The summed E-state index contributed by atoms with van der Waals surface area (Å²) in [6.45, 7) is 15.5. The van der Waals surface area contributed by atoms with E-state index in [1.54, 1.807) is 4.57 Å². The van der Waals surface area contributed by atoms with Crippen LogP contribution < -0.4 is 10.9 Å². The van der Waals surface area contributed by atoms with E-state index in [0.29, 0.717) is 18.5 Å². The predicted octanol–water partition coefficient (Wildman–Crippen LogP) is 6.11. The number of hydrogen-bond donors (Lipinski definition) is 2. The Morgan fingerprint density at radius 1 is 0.972 bits per heavy atom. The molecule has 0 bridgehead atoms. The minimum Gasteiger partial charge on any atom is -0.360 e. The average Bonchev–Trinajstić information content (AvgIpc) is 3.51. The van der Waals surface area contributed by atoms with Gasteiger partial charge in [0.25, 0.3) is 5.56 Å². The van der Waals surface area contributed by atoms with Crippen LogP contribution in [0.4, 0.5) is 5.95 Å². The third-order valence-corrected chi connectivity index (χ3v) is 7.74. The zero-order valence-electron chi connectivity index (χ0n) is 22.1. The van der Waals surface area contributed by atoms with Crippen LogP contribution in [0.15, 0.2) is 47.4 Å². The fraction of sp³-hybridized carbons (Fsp3) is 0.400. The maximum Gasteiger partial charge on any atom is 0.259 e. The van der Waals surface area contributed by atoms with Crippen LogP contribution in [0.5, 0.6) is 0 Å². The maximum atomic E-state index is 13.6. The highest BCUT2D eigenvalue weighted by Crippen LogP contribution is 2.37. The van der Waals surface area contributed by atoms with Crippen molar-refractivity contribution >= 4 is 16.9 Å². The van der Waals surface area contributed by atoms with E-state index in [2.05, 4.69) is 93.1 Å². The molecule has 0 radical (unpaired) electrons. The molecule has 0 unspecified atom stereocenters. The van der Waals surface area contributed by atoms with Gasteiger partial charge in [-0.1, -0.05) is 32.0 Å². The molecule has 0 atom stereocenters. The number of aromatic nitrogens is 3. The first-order valence-electron chi connectivity index (χ1n) is 13.0. The molecule has 0 saturated carbocycles. The van der Waals surface area contributed by atoms with Crippen molar-refractivity contribution < 1.29 is 0 Å². The normalized spacial score (nSPS) is 16.7. The van der Waals surface area contributed by atoms with Crippen LogP contribution in [0.3, 0.4) is 0 Å². The minimum absolute atomic E-state index is 0.0573. The summed E-state index contributed by atoms with van der Waals surface area (Å²) < 4.78 is 1.80. The number of fused-ring (bicyclic) bond motifs is 3. The highest BCUT2D eigenvalue weighted by molar-refractivity contribution is 5.98. The zero-order valence-corrected chi connectivity index (χ0v) is 22.1. The molecule has 2 N–H and O–H groups in total. The summed E-state index contributed by atoms with van der Waals surface area (Å²) in [6.07, 6.45) is 2.00. The molecular formula is C30H35N5O. The van der Waals surface area contributed by atoms with Crippen molar-refractivity contribution in [1.82, 2.24) is 19.4 Å². The van der Waals surface area contributed by atoms with Crippen molar-refractivity contribution in [3.05, 3.63) is 69.6 Å². The third-order valence-electron chi connectivity index (χ3n) is 7.74. The Balaban J connectivity index is 1.47. The van der Waals surface area contributed by atoms with Gasteiger partial charge in [0, 0.05) is 47.4 Å². The molecule has 0 spiro atoms. The second kappa shape index (κ2) is 8.07. The lowest BCUT2D eigenvalue weighted by molar-refractivity contribution is 0.227. The average molecular weight is 482 g/mol. The Morgan fingerprint density at radius 2 is 1.69 bits per heavy atom. The van der Waals surface area contributed by atoms with Crippen LogP contribution in [0.1, 0.15) is 64.2 Å². The van der Waals surface area contributed by atoms with Crippen LogP contribution >= 0.6 is 0 Å². The van der Waals surface area contributed by atoms with E-state index in [1.807, 2.05) is 6.20 Å². The van der Waals surface area contributed by atoms with E-state index in [4.69, 9.17) is 4.98 Å². The highest BCUT2D eigenvalue weighted by Gasteiger charge is 2.32. The van der Waals surface area contributed by atoms with E-state index in [0.717, 1.165) is 40.8 Å². The number of nitrogens with zero attached hydrogens (tertiary/aromatic N) is 3. The number of anilines is 1. The first-order valence-corrected chi connectivity index (χ1v) is 13.0. The fourth-order valence-electron chi connectivity index (χ4n) is 5.74. The fourth-order valence-corrected chi connectivity index (χ4v) is 5.74. The molecular weight excluding hydrogens is 446 g/mol. The van der Waals surface area contributed by atoms with E-state index in [1.165, 1.54) is 22.3 Å². The summed E-state index contributed by atoms with van der Waals surface area (Å²) in [5.74, 6) is 0.721. The molecule has 0 fully saturated rings. The Bertz CT molecular complexity index is 1560. The van der Waals surface area contributed by atoms with Crippen LogP contribution in [0, 0.1) is 0 Å². The van der Waals surface area contributed by atoms with Gasteiger partial charge in [-0.3, -0.25) is 14.3 Å². The van der Waals surface area contributed by atoms with E-state index >= 15 is 0 Å². The SMILES string of the molecule is CC(C)c1c(-c2c[nH]c3ccc(-c4ccc5c(c4)CN(C(C)C)C5)cc23)nc2n(c1=O)CC(C)(C)N2. The number of aromatic amines is 1. The summed E-state index contributed by atoms with van der Waals surface area (Å²) >= 11 is 0. The van der Waals surface area contributed by atoms with Crippen molar-refractivity contribution in [3.8, 4) is 22.4 Å². The topological polar surface area (TPSA) is 66.0 Å². The van der Waals surface area contributed by atoms with Crippen molar-refractivity contribution in [2.24, 2.45) is 0 Å². The van der Waals surface area contributed by atoms with Crippen LogP contribution in [0.25, 0.3) is 33.3 Å². The summed E-state index contributed by atoms with van der Waals surface area (Å²) in [5.41, 5.74) is 8.68. The quantitative estimate of drug-likeness (QED) is 0.369. The van der Waals surface area contributed by atoms with Gasteiger partial charge in [0.1, 0.15) is 0 Å². The maximum absolute atomic E-state index is 13.6. The Kier molecular flexibility index (Phi) is 5.16. The monoisotopic (exact) mass is 481 g/mol. The minimum atomic E-state index is -0.196. The van der Waals surface area contributed by atoms with Gasteiger partial charge in [0.2, 0.25) is 5.95 Å². The van der Waals surface area contributed by atoms with Crippen LogP contribution in [-0.4, -0.2) is 31.0 Å². The molecule has 6 nitrogen and oxygen atoms in total. The Hall–Kier alpha value is -3.38. The second-order valence-electron chi connectivity index (χ2n) is 11.7. The largest absolute Gasteiger partial charge is 0.360 e. The number of nitrogens with one attached hydrogen (secondary N) is 2. The third kappa shape index (κ3) is 3.66. The summed E-state index contributed by atoms with van der Waals surface area (Å²) in [4.78, 5) is 24.5. The van der Waals surface area contributed by atoms with Gasteiger partial charge in [-0.05, 0) is 74.1 Å². The van der Waals surface area contributed by atoms with Crippen molar-refractivity contribution in [3.63, 3.8) is 0 Å². The highest BCUT2D eigenvalue weighted by atomic mass is 16.1. The molecule has 36 heavy (non-hydrogen) atoms. The van der Waals surface area contributed by atoms with Gasteiger partial charge in [-0.15, -0.1) is 0 Å². The van der Waals surface area contributed by atoms with Gasteiger partial charge in [0.15, 0.2) is 0 Å². The number of benzene rings is 2. The van der Waals surface area contributed by atoms with Gasteiger partial charge in [-0.25, -0.2) is 4.98 Å². The van der Waals surface area contributed by atoms with Gasteiger partial charge in [0.05, 0.1) is 17.8 Å². The smallest absolute Gasteiger partial charge is 0.259 e. The van der Waals surface area contributed by atoms with E-state index in [9.17, 15) is 4.79 Å². The lowest BCUT2D eigenvalue weighted by Crippen LogP contribution is -2.30. The molecule has 6 heteroatoms. The van der Waals surface area contributed by atoms with E-state index in [-0.39, 0.29) is 17.0 Å². The van der Waals surface area contributed by atoms with Crippen molar-refractivity contribution in [1.29, 1.82) is 0 Å². The summed E-state index contributed by atoms with van der Waals surface area (Å²) in [6, 6.07) is 14.0. The standard InChI is InChI=1S/C30H35N5O/c1-17(2)26-27(32-29-33-30(5,6)16-35(29)28(26)36)24-13-31-25-10-9-20(12-23(24)25)19-7-8-21-14-34(18(3)4)15-22(21)11-19/h7-13,17-18,31H,14-16H2,1-6H3,(H,32,33). The molecule has 0 saturated heterocycles. The molecule has 6 rings (SSSR count). The van der Waals surface area contributed by atoms with Gasteiger partial charge >= 0.3 is 0 Å². The Labute approximate surface area is 212 Å². The molecule has 2 aromatic carbocycles. The van der Waals surface area contributed by atoms with Gasteiger partial charge in [-0.2, -0.15) is 0 Å². The summed E-state index contributed by atoms with van der Waals surface area (Å²) in [5, 5.41) is 4.53. The number of rotatable bonds is 4. The first-order chi connectivity index (χ1) is 17.1. The van der Waals surface area contributed by atoms with Crippen LogP contribution in [-0.2, 0) is 19.6 Å². The second-order valence-corrected chi connectivity index (χ2v) is 11.7. The lowest BCUT2D eigenvalue weighted by atomic mass is 9.95. The van der Waals surface area contributed by atoms with Crippen molar-refractivity contribution in [2.75, 3.05) is 5.32 Å². The molecule has 186 valence electrons. The number of hydrogen-bond acceptors (Lipinski definition) is 4. The lowest BCUT2D eigenvalue weighted by Gasteiger charge is -2.18. The van der Waals surface area contributed by atoms with Crippen molar-refractivity contribution in [2.45, 2.75) is 78.7 Å². The summed E-state index contributed by atoms with van der Waals surface area (Å²) in [7, 11) is 0. The molecule has 2 aliphatic rings. The molecule has 0 amide bonds. The first kappa shape index (κ1) is 23.0. The Morgan fingerprint density at radius 3 is 2.44 bits per heavy atom. The zero-order chi connectivity index (χ0) is 25.4. The van der Waals surface area contributed by atoms with Gasteiger partial charge < -0.3 is 10.3 Å². The molecule has 4 heterocycles. The molecule has 2 aliphatic heterocycles. The number of H-pyrrole nitrogens is 1. The molecule has 4 aromatic rings.